The highest BCUT2D eigenvalue weighted by molar-refractivity contribution is 7.98. The van der Waals surface area contributed by atoms with Gasteiger partial charge in [0.2, 0.25) is 0 Å². The van der Waals surface area contributed by atoms with E-state index in [1.54, 1.807) is 25.3 Å². The topological polar surface area (TPSA) is 46.5 Å². The maximum Gasteiger partial charge on any atom is 0.335 e. The van der Waals surface area contributed by atoms with Crippen LogP contribution in [0.4, 0.5) is 0 Å². The van der Waals surface area contributed by atoms with E-state index in [2.05, 4.69) is 6.92 Å². The van der Waals surface area contributed by atoms with E-state index in [1.807, 2.05) is 11.8 Å². The first-order valence-electron chi connectivity index (χ1n) is 6.17. The summed E-state index contributed by atoms with van der Waals surface area (Å²) in [5.74, 6) is 1.78. The van der Waals surface area contributed by atoms with Gasteiger partial charge in [-0.1, -0.05) is 19.8 Å². The molecule has 0 unspecified atom stereocenters. The SMILES string of the molecule is CCCCCSCc1cc(C(=O)O)ccc1OC. The number of unbranched alkanes of at least 4 members (excludes halogenated alkanes) is 2. The minimum absolute atomic E-state index is 0.319. The Morgan fingerprint density at radius 2 is 2.17 bits per heavy atom. The molecule has 0 aliphatic heterocycles. The average molecular weight is 268 g/mol. The molecule has 0 aromatic heterocycles. The lowest BCUT2D eigenvalue weighted by Gasteiger charge is -2.09. The number of thioether (sulfide) groups is 1. The molecule has 0 heterocycles. The average Bonchev–Trinajstić information content (AvgIpc) is 2.38. The molecule has 1 N–H and O–H groups in total. The zero-order valence-corrected chi connectivity index (χ0v) is 11.8. The highest BCUT2D eigenvalue weighted by Crippen LogP contribution is 2.25. The van der Waals surface area contributed by atoms with Gasteiger partial charge in [0.15, 0.2) is 0 Å². The van der Waals surface area contributed by atoms with Crippen LogP contribution >= 0.6 is 11.8 Å². The van der Waals surface area contributed by atoms with Gasteiger partial charge in [-0.15, -0.1) is 0 Å². The van der Waals surface area contributed by atoms with Gasteiger partial charge < -0.3 is 9.84 Å². The lowest BCUT2D eigenvalue weighted by Crippen LogP contribution is -1.99. The standard InChI is InChI=1S/C14H20O3S/c1-3-4-5-8-18-10-12-9-11(14(15)16)6-7-13(12)17-2/h6-7,9H,3-5,8,10H2,1-2H3,(H,15,16). The van der Waals surface area contributed by atoms with Gasteiger partial charge in [0.05, 0.1) is 12.7 Å². The fraction of sp³-hybridized carbons (Fsp3) is 0.500. The molecule has 100 valence electrons. The first-order chi connectivity index (χ1) is 8.69. The van der Waals surface area contributed by atoms with Crippen LogP contribution in [0.3, 0.4) is 0 Å². The molecule has 0 saturated heterocycles. The summed E-state index contributed by atoms with van der Waals surface area (Å²) in [4.78, 5) is 10.9. The van der Waals surface area contributed by atoms with Gasteiger partial charge in [-0.3, -0.25) is 0 Å². The van der Waals surface area contributed by atoms with Crippen molar-refractivity contribution < 1.29 is 14.6 Å². The van der Waals surface area contributed by atoms with Crippen LogP contribution in [-0.2, 0) is 5.75 Å². The van der Waals surface area contributed by atoms with Crippen molar-refractivity contribution in [3.8, 4) is 5.75 Å². The Kier molecular flexibility index (Phi) is 6.65. The number of hydrogen-bond acceptors (Lipinski definition) is 3. The van der Waals surface area contributed by atoms with Crippen molar-refractivity contribution in [1.82, 2.24) is 0 Å². The molecule has 4 heteroatoms. The summed E-state index contributed by atoms with van der Waals surface area (Å²) in [7, 11) is 1.61. The van der Waals surface area contributed by atoms with E-state index in [4.69, 9.17) is 9.84 Å². The molecule has 0 saturated carbocycles. The summed E-state index contributed by atoms with van der Waals surface area (Å²) in [5.41, 5.74) is 1.28. The number of ether oxygens (including phenoxy) is 1. The van der Waals surface area contributed by atoms with Gasteiger partial charge in [0.1, 0.15) is 5.75 Å². The molecule has 1 rings (SSSR count). The highest BCUT2D eigenvalue weighted by atomic mass is 32.2. The quantitative estimate of drug-likeness (QED) is 0.728. The van der Waals surface area contributed by atoms with Gasteiger partial charge >= 0.3 is 5.97 Å². The first kappa shape index (κ1) is 14.9. The molecule has 1 aromatic rings. The Balaban J connectivity index is 2.61. The molecule has 3 nitrogen and oxygen atoms in total. The van der Waals surface area contributed by atoms with Crippen LogP contribution in [-0.4, -0.2) is 23.9 Å². The van der Waals surface area contributed by atoms with E-state index < -0.39 is 5.97 Å². The molecule has 1 aromatic carbocycles. The fourth-order valence-electron chi connectivity index (χ4n) is 1.66. The Hall–Kier alpha value is -1.16. The Morgan fingerprint density at radius 3 is 2.78 bits per heavy atom. The predicted octanol–water partition coefficient (Wildman–Crippen LogP) is 3.82. The van der Waals surface area contributed by atoms with Gasteiger partial charge in [-0.25, -0.2) is 4.79 Å². The maximum absolute atomic E-state index is 10.9. The van der Waals surface area contributed by atoms with E-state index in [0.717, 1.165) is 22.8 Å². The molecular weight excluding hydrogens is 248 g/mol. The number of carboxylic acid groups (broad SMARTS) is 1. The number of aromatic carboxylic acids is 1. The van der Waals surface area contributed by atoms with Crippen molar-refractivity contribution in [2.45, 2.75) is 31.9 Å². The zero-order chi connectivity index (χ0) is 13.4. The summed E-state index contributed by atoms with van der Waals surface area (Å²) < 4.78 is 5.25. The van der Waals surface area contributed by atoms with Crippen molar-refractivity contribution in [2.24, 2.45) is 0 Å². The van der Waals surface area contributed by atoms with Crippen LogP contribution in [0.25, 0.3) is 0 Å². The number of rotatable bonds is 8. The Labute approximate surface area is 113 Å². The lowest BCUT2D eigenvalue weighted by atomic mass is 10.1. The third-order valence-electron chi connectivity index (χ3n) is 2.68. The summed E-state index contributed by atoms with van der Waals surface area (Å²) in [6.07, 6.45) is 3.68. The molecule has 0 atom stereocenters. The highest BCUT2D eigenvalue weighted by Gasteiger charge is 2.08. The van der Waals surface area contributed by atoms with Crippen LogP contribution in [0.1, 0.15) is 42.1 Å². The molecule has 0 amide bonds. The summed E-state index contributed by atoms with van der Waals surface area (Å²) in [5, 5.41) is 8.97. The van der Waals surface area contributed by atoms with Gasteiger partial charge in [-0.2, -0.15) is 11.8 Å². The van der Waals surface area contributed by atoms with Crippen LogP contribution < -0.4 is 4.74 Å². The fourth-order valence-corrected chi connectivity index (χ4v) is 2.66. The first-order valence-corrected chi connectivity index (χ1v) is 7.32. The third-order valence-corrected chi connectivity index (χ3v) is 3.77. The Morgan fingerprint density at radius 1 is 1.39 bits per heavy atom. The van der Waals surface area contributed by atoms with E-state index in [1.165, 1.54) is 19.3 Å². The van der Waals surface area contributed by atoms with Crippen molar-refractivity contribution >= 4 is 17.7 Å². The van der Waals surface area contributed by atoms with Crippen LogP contribution in [0, 0.1) is 0 Å². The lowest BCUT2D eigenvalue weighted by molar-refractivity contribution is 0.0696. The second kappa shape index (κ2) is 8.03. The molecule has 0 bridgehead atoms. The van der Waals surface area contributed by atoms with E-state index in [-0.39, 0.29) is 0 Å². The molecule has 0 fully saturated rings. The minimum atomic E-state index is -0.894. The molecule has 0 aliphatic carbocycles. The van der Waals surface area contributed by atoms with E-state index in [9.17, 15) is 4.79 Å². The number of carboxylic acids is 1. The Bertz CT molecular complexity index is 391. The normalized spacial score (nSPS) is 10.3. The summed E-state index contributed by atoms with van der Waals surface area (Å²) in [6, 6.07) is 5.01. The molecule has 0 radical (unpaired) electrons. The number of hydrogen-bond donors (Lipinski definition) is 1. The van der Waals surface area contributed by atoms with Crippen LogP contribution in [0.5, 0.6) is 5.75 Å². The minimum Gasteiger partial charge on any atom is -0.496 e. The maximum atomic E-state index is 10.9. The van der Waals surface area contributed by atoms with Crippen molar-refractivity contribution in [1.29, 1.82) is 0 Å². The van der Waals surface area contributed by atoms with Gasteiger partial charge in [-0.05, 0) is 30.4 Å². The number of carbonyl (C=O) groups is 1. The summed E-state index contributed by atoms with van der Waals surface area (Å²) >= 11 is 1.82. The van der Waals surface area contributed by atoms with Gasteiger partial charge in [0.25, 0.3) is 0 Å². The van der Waals surface area contributed by atoms with E-state index in [0.29, 0.717) is 5.56 Å². The van der Waals surface area contributed by atoms with Crippen LogP contribution in [0.2, 0.25) is 0 Å². The zero-order valence-electron chi connectivity index (χ0n) is 10.9. The third kappa shape index (κ3) is 4.61. The van der Waals surface area contributed by atoms with Gasteiger partial charge in [0, 0.05) is 11.3 Å². The molecule has 0 aliphatic rings. The second-order valence-corrected chi connectivity index (χ2v) is 5.20. The van der Waals surface area contributed by atoms with Crippen molar-refractivity contribution in [3.05, 3.63) is 29.3 Å². The van der Waals surface area contributed by atoms with Crippen molar-refractivity contribution in [2.75, 3.05) is 12.9 Å². The largest absolute Gasteiger partial charge is 0.496 e. The smallest absolute Gasteiger partial charge is 0.335 e. The monoisotopic (exact) mass is 268 g/mol. The molecule has 18 heavy (non-hydrogen) atoms. The number of methoxy groups -OCH3 is 1. The molecule has 0 spiro atoms. The predicted molar refractivity (Wildman–Crippen MR) is 75.6 cm³/mol. The van der Waals surface area contributed by atoms with Crippen molar-refractivity contribution in [3.63, 3.8) is 0 Å². The second-order valence-electron chi connectivity index (χ2n) is 4.09. The molecular formula is C14H20O3S. The number of benzene rings is 1. The van der Waals surface area contributed by atoms with E-state index >= 15 is 0 Å². The van der Waals surface area contributed by atoms with Crippen LogP contribution in [0.15, 0.2) is 18.2 Å². The summed E-state index contributed by atoms with van der Waals surface area (Å²) in [6.45, 7) is 2.18.